The molecule has 3 rings (SSSR count). The predicted molar refractivity (Wildman–Crippen MR) is 84.2 cm³/mol. The second kappa shape index (κ2) is 6.13. The summed E-state index contributed by atoms with van der Waals surface area (Å²) in [4.78, 5) is 17.2. The zero-order chi connectivity index (χ0) is 14.7. The SMILES string of the molecule is CCOc1ncnc(N2CCN(c3nccs3)CC2)c1N. The van der Waals surface area contributed by atoms with Crippen molar-refractivity contribution in [2.75, 3.05) is 48.3 Å². The van der Waals surface area contributed by atoms with Gasteiger partial charge in [0.15, 0.2) is 10.9 Å². The fourth-order valence-corrected chi connectivity index (χ4v) is 3.05. The van der Waals surface area contributed by atoms with Gasteiger partial charge in [0.25, 0.3) is 0 Å². The molecule has 8 heteroatoms. The molecule has 1 aliphatic rings. The van der Waals surface area contributed by atoms with E-state index in [1.54, 1.807) is 11.3 Å². The van der Waals surface area contributed by atoms with Gasteiger partial charge in [0, 0.05) is 37.8 Å². The first-order chi connectivity index (χ1) is 10.3. The number of anilines is 3. The summed E-state index contributed by atoms with van der Waals surface area (Å²) in [5.74, 6) is 1.22. The highest BCUT2D eigenvalue weighted by molar-refractivity contribution is 7.13. The molecule has 21 heavy (non-hydrogen) atoms. The summed E-state index contributed by atoms with van der Waals surface area (Å²) in [6.45, 7) is 5.97. The van der Waals surface area contributed by atoms with Crippen LogP contribution in [0.2, 0.25) is 0 Å². The molecule has 112 valence electrons. The number of rotatable bonds is 4. The number of ether oxygens (including phenoxy) is 1. The highest BCUT2D eigenvalue weighted by atomic mass is 32.1. The Morgan fingerprint density at radius 2 is 1.95 bits per heavy atom. The van der Waals surface area contributed by atoms with E-state index in [9.17, 15) is 0 Å². The van der Waals surface area contributed by atoms with Crippen LogP contribution in [0.25, 0.3) is 0 Å². The summed E-state index contributed by atoms with van der Waals surface area (Å²) in [7, 11) is 0. The van der Waals surface area contributed by atoms with Gasteiger partial charge in [0.2, 0.25) is 5.88 Å². The van der Waals surface area contributed by atoms with Crippen molar-refractivity contribution in [3.05, 3.63) is 17.9 Å². The predicted octanol–water partition coefficient (Wildman–Crippen LogP) is 1.24. The average molecular weight is 306 g/mol. The zero-order valence-electron chi connectivity index (χ0n) is 11.9. The maximum atomic E-state index is 6.11. The lowest BCUT2D eigenvalue weighted by Gasteiger charge is -2.35. The Hall–Kier alpha value is -2.09. The third-order valence-electron chi connectivity index (χ3n) is 3.38. The van der Waals surface area contributed by atoms with Gasteiger partial charge < -0.3 is 20.3 Å². The van der Waals surface area contributed by atoms with Crippen LogP contribution in [0, 0.1) is 0 Å². The van der Waals surface area contributed by atoms with Crippen molar-refractivity contribution < 1.29 is 4.74 Å². The second-order valence-corrected chi connectivity index (χ2v) is 5.51. The van der Waals surface area contributed by atoms with E-state index in [0.717, 1.165) is 37.1 Å². The molecule has 0 saturated carbocycles. The number of hydrogen-bond acceptors (Lipinski definition) is 8. The number of aromatic nitrogens is 3. The summed E-state index contributed by atoms with van der Waals surface area (Å²) >= 11 is 1.66. The van der Waals surface area contributed by atoms with Gasteiger partial charge in [-0.25, -0.2) is 9.97 Å². The van der Waals surface area contributed by atoms with Crippen LogP contribution in [0.4, 0.5) is 16.6 Å². The highest BCUT2D eigenvalue weighted by Crippen LogP contribution is 2.29. The number of hydrogen-bond donors (Lipinski definition) is 1. The molecule has 0 bridgehead atoms. The molecule has 0 aromatic carbocycles. The van der Waals surface area contributed by atoms with Gasteiger partial charge in [-0.2, -0.15) is 4.98 Å². The molecule has 2 aromatic heterocycles. The minimum absolute atomic E-state index is 0.463. The maximum absolute atomic E-state index is 6.11. The van der Waals surface area contributed by atoms with E-state index in [1.807, 2.05) is 18.5 Å². The molecule has 7 nitrogen and oxygen atoms in total. The van der Waals surface area contributed by atoms with Crippen molar-refractivity contribution in [1.29, 1.82) is 0 Å². The van der Waals surface area contributed by atoms with Gasteiger partial charge >= 0.3 is 0 Å². The van der Waals surface area contributed by atoms with Crippen LogP contribution in [0.5, 0.6) is 5.88 Å². The smallest absolute Gasteiger partial charge is 0.242 e. The summed E-state index contributed by atoms with van der Waals surface area (Å²) in [5, 5.41) is 3.07. The van der Waals surface area contributed by atoms with Crippen molar-refractivity contribution in [2.45, 2.75) is 6.92 Å². The van der Waals surface area contributed by atoms with E-state index in [0.29, 0.717) is 18.2 Å². The van der Waals surface area contributed by atoms with Crippen molar-refractivity contribution in [2.24, 2.45) is 0 Å². The zero-order valence-corrected chi connectivity index (χ0v) is 12.7. The normalized spacial score (nSPS) is 15.3. The molecule has 0 atom stereocenters. The number of thiazole rings is 1. The van der Waals surface area contributed by atoms with Gasteiger partial charge in [0.05, 0.1) is 6.61 Å². The van der Waals surface area contributed by atoms with Crippen LogP contribution in [-0.4, -0.2) is 47.7 Å². The van der Waals surface area contributed by atoms with Gasteiger partial charge in [-0.15, -0.1) is 11.3 Å². The van der Waals surface area contributed by atoms with Gasteiger partial charge in [-0.1, -0.05) is 0 Å². The van der Waals surface area contributed by atoms with Gasteiger partial charge in [0.1, 0.15) is 12.0 Å². The third-order valence-corrected chi connectivity index (χ3v) is 4.21. The Balaban J connectivity index is 1.71. The number of piperazine rings is 1. The number of nitrogens with two attached hydrogens (primary N) is 1. The Bertz CT molecular complexity index is 582. The lowest BCUT2D eigenvalue weighted by atomic mass is 10.3. The molecule has 0 radical (unpaired) electrons. The fourth-order valence-electron chi connectivity index (χ4n) is 2.36. The largest absolute Gasteiger partial charge is 0.476 e. The van der Waals surface area contributed by atoms with Gasteiger partial charge in [-0.3, -0.25) is 0 Å². The summed E-state index contributed by atoms with van der Waals surface area (Å²) in [6.07, 6.45) is 3.34. The van der Waals surface area contributed by atoms with Crippen LogP contribution >= 0.6 is 11.3 Å². The molecular formula is C13H18N6OS. The molecule has 2 aromatic rings. The molecular weight excluding hydrogens is 288 g/mol. The van der Waals surface area contributed by atoms with E-state index in [-0.39, 0.29) is 0 Å². The standard InChI is InChI=1S/C13H18N6OS/c1-2-20-12-10(14)11(16-9-17-12)18-4-6-19(7-5-18)13-15-3-8-21-13/h3,8-9H,2,4-7,14H2,1H3. The minimum atomic E-state index is 0.463. The Labute approximate surface area is 127 Å². The average Bonchev–Trinajstić information content (AvgIpc) is 3.04. The van der Waals surface area contributed by atoms with Crippen molar-refractivity contribution in [3.8, 4) is 5.88 Å². The Kier molecular flexibility index (Phi) is 4.05. The maximum Gasteiger partial charge on any atom is 0.242 e. The topological polar surface area (TPSA) is 80.4 Å². The quantitative estimate of drug-likeness (QED) is 0.910. The summed E-state index contributed by atoms with van der Waals surface area (Å²) in [6, 6.07) is 0. The molecule has 0 spiro atoms. The summed E-state index contributed by atoms with van der Waals surface area (Å²) in [5.41, 5.74) is 6.63. The molecule has 0 aliphatic carbocycles. The van der Waals surface area contributed by atoms with Crippen LogP contribution < -0.4 is 20.3 Å². The summed E-state index contributed by atoms with van der Waals surface area (Å²) < 4.78 is 5.43. The first-order valence-electron chi connectivity index (χ1n) is 6.92. The first-order valence-corrected chi connectivity index (χ1v) is 7.80. The van der Waals surface area contributed by atoms with Crippen molar-refractivity contribution in [3.63, 3.8) is 0 Å². The Morgan fingerprint density at radius 3 is 2.62 bits per heavy atom. The van der Waals surface area contributed by atoms with Crippen LogP contribution in [-0.2, 0) is 0 Å². The van der Waals surface area contributed by atoms with E-state index in [2.05, 4.69) is 24.8 Å². The third kappa shape index (κ3) is 2.85. The molecule has 1 aliphatic heterocycles. The Morgan fingerprint density at radius 1 is 1.19 bits per heavy atom. The number of nitrogens with zero attached hydrogens (tertiary/aromatic N) is 5. The highest BCUT2D eigenvalue weighted by Gasteiger charge is 2.22. The molecule has 2 N–H and O–H groups in total. The molecule has 0 unspecified atom stereocenters. The number of nitrogen functional groups attached to an aromatic ring is 1. The second-order valence-electron chi connectivity index (χ2n) is 4.64. The van der Waals surface area contributed by atoms with Crippen LogP contribution in [0.1, 0.15) is 6.92 Å². The van der Waals surface area contributed by atoms with Gasteiger partial charge in [-0.05, 0) is 6.92 Å². The lowest BCUT2D eigenvalue weighted by Crippen LogP contribution is -2.47. The van der Waals surface area contributed by atoms with E-state index in [1.165, 1.54) is 6.33 Å². The van der Waals surface area contributed by atoms with E-state index >= 15 is 0 Å². The first kappa shape index (κ1) is 13.9. The van der Waals surface area contributed by atoms with E-state index in [4.69, 9.17) is 10.5 Å². The lowest BCUT2D eigenvalue weighted by molar-refractivity contribution is 0.328. The van der Waals surface area contributed by atoms with Crippen LogP contribution in [0.3, 0.4) is 0 Å². The van der Waals surface area contributed by atoms with Crippen molar-refractivity contribution >= 4 is 28.0 Å². The molecule has 1 fully saturated rings. The fraction of sp³-hybridized carbons (Fsp3) is 0.462. The minimum Gasteiger partial charge on any atom is -0.476 e. The molecule has 0 amide bonds. The van der Waals surface area contributed by atoms with Crippen molar-refractivity contribution in [1.82, 2.24) is 15.0 Å². The van der Waals surface area contributed by atoms with E-state index < -0.39 is 0 Å². The monoisotopic (exact) mass is 306 g/mol. The molecule has 1 saturated heterocycles. The van der Waals surface area contributed by atoms with Crippen LogP contribution in [0.15, 0.2) is 17.9 Å². The molecule has 3 heterocycles.